The minimum atomic E-state index is 0.616. The third-order valence-electron chi connectivity index (χ3n) is 3.69. The predicted octanol–water partition coefficient (Wildman–Crippen LogP) is 3.13. The van der Waals surface area contributed by atoms with E-state index < -0.39 is 0 Å². The lowest BCUT2D eigenvalue weighted by Crippen LogP contribution is -2.25. The summed E-state index contributed by atoms with van der Waals surface area (Å²) in [6.45, 7) is 7.54. The lowest BCUT2D eigenvalue weighted by molar-refractivity contribution is 0.630. The van der Waals surface area contributed by atoms with E-state index in [4.69, 9.17) is 0 Å². The van der Waals surface area contributed by atoms with Gasteiger partial charge in [-0.3, -0.25) is 0 Å². The SMILES string of the molecule is C=CCn1cc(C)nc1NCC1Cc2ccccc21. The Morgan fingerprint density at radius 2 is 2.32 bits per heavy atom. The van der Waals surface area contributed by atoms with Crippen LogP contribution in [0.25, 0.3) is 0 Å². The molecule has 0 aliphatic heterocycles. The number of allylic oxidation sites excluding steroid dienone is 1. The standard InChI is InChI=1S/C16H19N3/c1-3-8-19-11-12(2)18-16(19)17-10-14-9-13-6-4-5-7-15(13)14/h3-7,11,14H,1,8-10H2,2H3,(H,17,18). The highest BCUT2D eigenvalue weighted by atomic mass is 15.2. The van der Waals surface area contributed by atoms with Gasteiger partial charge in [0.05, 0.1) is 5.69 Å². The topological polar surface area (TPSA) is 29.9 Å². The normalized spacial score (nSPS) is 16.6. The fourth-order valence-corrected chi connectivity index (χ4v) is 2.73. The lowest BCUT2D eigenvalue weighted by Gasteiger charge is -2.30. The molecule has 0 spiro atoms. The van der Waals surface area contributed by atoms with Gasteiger partial charge in [0.2, 0.25) is 5.95 Å². The van der Waals surface area contributed by atoms with Crippen molar-refractivity contribution in [3.63, 3.8) is 0 Å². The first-order valence-electron chi connectivity index (χ1n) is 6.74. The highest BCUT2D eigenvalue weighted by Gasteiger charge is 2.25. The highest BCUT2D eigenvalue weighted by Crippen LogP contribution is 2.34. The highest BCUT2D eigenvalue weighted by molar-refractivity contribution is 5.42. The molecule has 3 nitrogen and oxygen atoms in total. The van der Waals surface area contributed by atoms with Crippen molar-refractivity contribution in [2.45, 2.75) is 25.8 Å². The summed E-state index contributed by atoms with van der Waals surface area (Å²) in [5, 5.41) is 3.47. The largest absolute Gasteiger partial charge is 0.355 e. The number of nitrogens with one attached hydrogen (secondary N) is 1. The number of aryl methyl sites for hydroxylation is 1. The lowest BCUT2D eigenvalue weighted by atomic mass is 9.78. The minimum absolute atomic E-state index is 0.616. The summed E-state index contributed by atoms with van der Waals surface area (Å²) in [5.41, 5.74) is 4.01. The van der Waals surface area contributed by atoms with E-state index in [1.165, 1.54) is 17.5 Å². The van der Waals surface area contributed by atoms with Crippen LogP contribution in [-0.2, 0) is 13.0 Å². The van der Waals surface area contributed by atoms with Crippen LogP contribution in [0.2, 0.25) is 0 Å². The predicted molar refractivity (Wildman–Crippen MR) is 78.5 cm³/mol. The monoisotopic (exact) mass is 253 g/mol. The van der Waals surface area contributed by atoms with Crippen LogP contribution in [0.1, 0.15) is 22.7 Å². The van der Waals surface area contributed by atoms with Crippen LogP contribution in [0.3, 0.4) is 0 Å². The van der Waals surface area contributed by atoms with Crippen molar-refractivity contribution < 1.29 is 0 Å². The van der Waals surface area contributed by atoms with Gasteiger partial charge in [0.1, 0.15) is 0 Å². The Balaban J connectivity index is 1.66. The number of nitrogens with zero attached hydrogens (tertiary/aromatic N) is 2. The fraction of sp³-hybridized carbons (Fsp3) is 0.312. The van der Waals surface area contributed by atoms with E-state index in [9.17, 15) is 0 Å². The molecule has 0 bridgehead atoms. The molecule has 1 aliphatic rings. The van der Waals surface area contributed by atoms with E-state index >= 15 is 0 Å². The molecule has 1 unspecified atom stereocenters. The van der Waals surface area contributed by atoms with Gasteiger partial charge in [-0.05, 0) is 24.5 Å². The number of rotatable bonds is 5. The van der Waals surface area contributed by atoms with Crippen LogP contribution in [0.5, 0.6) is 0 Å². The minimum Gasteiger partial charge on any atom is -0.355 e. The van der Waals surface area contributed by atoms with Crippen molar-refractivity contribution >= 4 is 5.95 Å². The average Bonchev–Trinajstić information content (AvgIpc) is 2.71. The van der Waals surface area contributed by atoms with Crippen LogP contribution in [-0.4, -0.2) is 16.1 Å². The second-order valence-electron chi connectivity index (χ2n) is 5.13. The van der Waals surface area contributed by atoms with E-state index in [2.05, 4.69) is 51.9 Å². The summed E-state index contributed by atoms with van der Waals surface area (Å²) in [6, 6.07) is 8.68. The van der Waals surface area contributed by atoms with Gasteiger partial charge in [0.15, 0.2) is 0 Å². The molecule has 0 saturated carbocycles. The molecule has 0 radical (unpaired) electrons. The Labute approximate surface area is 114 Å². The summed E-state index contributed by atoms with van der Waals surface area (Å²) < 4.78 is 2.10. The van der Waals surface area contributed by atoms with Crippen molar-refractivity contribution in [1.29, 1.82) is 0 Å². The maximum Gasteiger partial charge on any atom is 0.203 e. The van der Waals surface area contributed by atoms with Crippen molar-refractivity contribution in [3.05, 3.63) is 59.9 Å². The molecule has 0 amide bonds. The molecule has 98 valence electrons. The number of fused-ring (bicyclic) bond motifs is 1. The molecule has 3 heteroatoms. The molecular formula is C16H19N3. The molecule has 1 atom stereocenters. The van der Waals surface area contributed by atoms with Crippen LogP contribution in [0.4, 0.5) is 5.95 Å². The molecular weight excluding hydrogens is 234 g/mol. The van der Waals surface area contributed by atoms with E-state index in [1.807, 2.05) is 13.0 Å². The maximum atomic E-state index is 4.52. The van der Waals surface area contributed by atoms with Gasteiger partial charge >= 0.3 is 0 Å². The number of aromatic nitrogens is 2. The van der Waals surface area contributed by atoms with E-state index in [0.29, 0.717) is 5.92 Å². The molecule has 1 aliphatic carbocycles. The van der Waals surface area contributed by atoms with Gasteiger partial charge in [0.25, 0.3) is 0 Å². The Kier molecular flexibility index (Phi) is 3.11. The van der Waals surface area contributed by atoms with Gasteiger partial charge in [-0.25, -0.2) is 4.98 Å². The van der Waals surface area contributed by atoms with Gasteiger partial charge in [-0.2, -0.15) is 0 Å². The van der Waals surface area contributed by atoms with Crippen LogP contribution in [0.15, 0.2) is 43.1 Å². The van der Waals surface area contributed by atoms with E-state index in [1.54, 1.807) is 0 Å². The summed E-state index contributed by atoms with van der Waals surface area (Å²) in [6.07, 6.45) is 5.12. The maximum absolute atomic E-state index is 4.52. The van der Waals surface area contributed by atoms with Gasteiger partial charge < -0.3 is 9.88 Å². The Hall–Kier alpha value is -2.03. The number of hydrogen-bond acceptors (Lipinski definition) is 2. The van der Waals surface area contributed by atoms with Crippen molar-refractivity contribution in [2.24, 2.45) is 0 Å². The molecule has 1 aromatic heterocycles. The van der Waals surface area contributed by atoms with Crippen LogP contribution in [0, 0.1) is 6.92 Å². The molecule has 1 heterocycles. The quantitative estimate of drug-likeness (QED) is 0.830. The molecule has 1 aromatic carbocycles. The fourth-order valence-electron chi connectivity index (χ4n) is 2.73. The van der Waals surface area contributed by atoms with Crippen molar-refractivity contribution in [3.8, 4) is 0 Å². The molecule has 0 fully saturated rings. The zero-order chi connectivity index (χ0) is 13.2. The molecule has 19 heavy (non-hydrogen) atoms. The third kappa shape index (κ3) is 2.28. The third-order valence-corrected chi connectivity index (χ3v) is 3.69. The number of imidazole rings is 1. The van der Waals surface area contributed by atoms with Gasteiger partial charge in [-0.15, -0.1) is 6.58 Å². The number of benzene rings is 1. The summed E-state index contributed by atoms with van der Waals surface area (Å²) in [7, 11) is 0. The summed E-state index contributed by atoms with van der Waals surface area (Å²) in [5.74, 6) is 1.56. The van der Waals surface area contributed by atoms with E-state index in [0.717, 1.165) is 24.7 Å². The average molecular weight is 253 g/mol. The Morgan fingerprint density at radius 1 is 1.47 bits per heavy atom. The summed E-state index contributed by atoms with van der Waals surface area (Å²) >= 11 is 0. The van der Waals surface area contributed by atoms with E-state index in [-0.39, 0.29) is 0 Å². The molecule has 3 rings (SSSR count). The number of anilines is 1. The van der Waals surface area contributed by atoms with Crippen molar-refractivity contribution in [1.82, 2.24) is 9.55 Å². The zero-order valence-electron chi connectivity index (χ0n) is 11.3. The molecule has 2 aromatic rings. The molecule has 1 N–H and O–H groups in total. The van der Waals surface area contributed by atoms with Crippen LogP contribution >= 0.6 is 0 Å². The molecule has 0 saturated heterocycles. The summed E-state index contributed by atoms with van der Waals surface area (Å²) in [4.78, 5) is 4.52. The van der Waals surface area contributed by atoms with Crippen LogP contribution < -0.4 is 5.32 Å². The zero-order valence-corrected chi connectivity index (χ0v) is 11.3. The van der Waals surface area contributed by atoms with Gasteiger partial charge in [-0.1, -0.05) is 30.3 Å². The first kappa shape index (κ1) is 12.0. The Morgan fingerprint density at radius 3 is 3.11 bits per heavy atom. The second-order valence-corrected chi connectivity index (χ2v) is 5.13. The second kappa shape index (κ2) is 4.92. The smallest absolute Gasteiger partial charge is 0.203 e. The van der Waals surface area contributed by atoms with Crippen molar-refractivity contribution in [2.75, 3.05) is 11.9 Å². The Bertz CT molecular complexity index is 598. The number of hydrogen-bond donors (Lipinski definition) is 1. The first-order chi connectivity index (χ1) is 9.28. The first-order valence-corrected chi connectivity index (χ1v) is 6.74. The van der Waals surface area contributed by atoms with Gasteiger partial charge in [0, 0.05) is 25.2 Å².